The van der Waals surface area contributed by atoms with Crippen molar-refractivity contribution in [2.75, 3.05) is 13.2 Å². The Bertz CT molecular complexity index is 969. The van der Waals surface area contributed by atoms with Gasteiger partial charge in [0.25, 0.3) is 0 Å². The van der Waals surface area contributed by atoms with E-state index in [1.54, 1.807) is 0 Å². The van der Waals surface area contributed by atoms with E-state index < -0.39 is 24.0 Å². The van der Waals surface area contributed by atoms with Crippen LogP contribution >= 0.6 is 0 Å². The van der Waals surface area contributed by atoms with E-state index in [1.165, 1.54) is 12.2 Å². The lowest BCUT2D eigenvalue weighted by Gasteiger charge is -2.15. The average Bonchev–Trinajstić information content (AvgIpc) is 3.08. The van der Waals surface area contributed by atoms with Gasteiger partial charge in [0.2, 0.25) is 5.91 Å². The van der Waals surface area contributed by atoms with Crippen molar-refractivity contribution >= 4 is 18.0 Å². The lowest BCUT2D eigenvalue weighted by molar-refractivity contribution is -0.141. The molecule has 0 spiro atoms. The van der Waals surface area contributed by atoms with Crippen LogP contribution in [0.15, 0.2) is 60.7 Å². The van der Waals surface area contributed by atoms with Gasteiger partial charge in [0.15, 0.2) is 0 Å². The highest BCUT2D eigenvalue weighted by atomic mass is 16.5. The molecule has 3 N–H and O–H groups in total. The van der Waals surface area contributed by atoms with Crippen molar-refractivity contribution in [3.05, 3.63) is 71.8 Å². The first-order chi connectivity index (χ1) is 15.4. The maximum absolute atomic E-state index is 12.1. The van der Waals surface area contributed by atoms with Crippen LogP contribution in [0.5, 0.6) is 0 Å². The number of alkyl carbamates (subject to hydrolysis) is 1. The molecule has 168 valence electrons. The van der Waals surface area contributed by atoms with Crippen molar-refractivity contribution in [3.63, 3.8) is 0 Å². The van der Waals surface area contributed by atoms with Crippen LogP contribution < -0.4 is 10.6 Å². The third-order valence-corrected chi connectivity index (χ3v) is 5.30. The number of rotatable bonds is 9. The second-order valence-electron chi connectivity index (χ2n) is 8.14. The second-order valence-corrected chi connectivity index (χ2v) is 8.14. The van der Waals surface area contributed by atoms with Crippen molar-refractivity contribution in [1.29, 1.82) is 0 Å². The largest absolute Gasteiger partial charge is 0.480 e. The zero-order valence-corrected chi connectivity index (χ0v) is 18.2. The molecule has 0 aliphatic heterocycles. The van der Waals surface area contributed by atoms with Crippen molar-refractivity contribution in [1.82, 2.24) is 10.6 Å². The van der Waals surface area contributed by atoms with Crippen molar-refractivity contribution < 1.29 is 24.2 Å². The molecule has 0 radical (unpaired) electrons. The Labute approximate surface area is 187 Å². The molecule has 7 heteroatoms. The number of amides is 2. The minimum absolute atomic E-state index is 0.0246. The molecule has 0 bridgehead atoms. The van der Waals surface area contributed by atoms with Crippen LogP contribution in [0.4, 0.5) is 4.79 Å². The van der Waals surface area contributed by atoms with Crippen LogP contribution in [0.25, 0.3) is 11.1 Å². The minimum Gasteiger partial charge on any atom is -0.480 e. The SMILES string of the molecule is CC(C)C[C@@H](NC(=O)/C=C/CNC(=O)OCC1c2ccccc2-c2ccccc21)C(=O)O. The van der Waals surface area contributed by atoms with E-state index in [0.29, 0.717) is 6.42 Å². The zero-order chi connectivity index (χ0) is 23.1. The van der Waals surface area contributed by atoms with Crippen molar-refractivity contribution in [2.24, 2.45) is 5.92 Å². The number of nitrogens with one attached hydrogen (secondary N) is 2. The molecule has 1 atom stereocenters. The molecule has 0 saturated carbocycles. The van der Waals surface area contributed by atoms with E-state index in [9.17, 15) is 19.5 Å². The summed E-state index contributed by atoms with van der Waals surface area (Å²) in [7, 11) is 0. The van der Waals surface area contributed by atoms with E-state index in [-0.39, 0.29) is 25.0 Å². The first-order valence-electron chi connectivity index (χ1n) is 10.7. The molecule has 0 fully saturated rings. The Hall–Kier alpha value is -3.61. The van der Waals surface area contributed by atoms with Crippen molar-refractivity contribution in [3.8, 4) is 11.1 Å². The Morgan fingerprint density at radius 1 is 1.03 bits per heavy atom. The first-order valence-corrected chi connectivity index (χ1v) is 10.7. The average molecular weight is 437 g/mol. The summed E-state index contributed by atoms with van der Waals surface area (Å²) in [6.07, 6.45) is 2.41. The van der Waals surface area contributed by atoms with Gasteiger partial charge >= 0.3 is 12.1 Å². The predicted octanol–water partition coefficient (Wildman–Crippen LogP) is 3.70. The summed E-state index contributed by atoms with van der Waals surface area (Å²) in [5.74, 6) is -1.48. The van der Waals surface area contributed by atoms with Crippen LogP contribution in [-0.4, -0.2) is 42.3 Å². The molecule has 32 heavy (non-hydrogen) atoms. The number of ether oxygens (including phenoxy) is 1. The van der Waals surface area contributed by atoms with E-state index in [4.69, 9.17) is 4.74 Å². The number of benzene rings is 2. The summed E-state index contributed by atoms with van der Waals surface area (Å²) in [6.45, 7) is 4.07. The molecule has 3 rings (SSSR count). The number of hydrogen-bond donors (Lipinski definition) is 3. The van der Waals surface area contributed by atoms with Gasteiger partial charge in [0.1, 0.15) is 12.6 Å². The van der Waals surface area contributed by atoms with E-state index in [1.807, 2.05) is 50.2 Å². The summed E-state index contributed by atoms with van der Waals surface area (Å²) < 4.78 is 5.42. The smallest absolute Gasteiger partial charge is 0.407 e. The summed E-state index contributed by atoms with van der Waals surface area (Å²) in [5.41, 5.74) is 4.58. The Morgan fingerprint density at radius 3 is 2.19 bits per heavy atom. The summed E-state index contributed by atoms with van der Waals surface area (Å²) >= 11 is 0. The van der Waals surface area contributed by atoms with Gasteiger partial charge in [-0.3, -0.25) is 4.79 Å². The number of carbonyl (C=O) groups is 3. The fourth-order valence-electron chi connectivity index (χ4n) is 3.87. The molecule has 2 aromatic rings. The Kier molecular flexibility index (Phi) is 7.65. The van der Waals surface area contributed by atoms with Gasteiger partial charge in [-0.25, -0.2) is 9.59 Å². The fourth-order valence-corrected chi connectivity index (χ4v) is 3.87. The fraction of sp³-hybridized carbons (Fsp3) is 0.320. The number of carboxylic acids is 1. The molecule has 0 aromatic heterocycles. The maximum atomic E-state index is 12.1. The number of carbonyl (C=O) groups excluding carboxylic acids is 2. The van der Waals surface area contributed by atoms with Gasteiger partial charge in [0.05, 0.1) is 0 Å². The lowest BCUT2D eigenvalue weighted by atomic mass is 9.98. The molecular formula is C25H28N2O5. The lowest BCUT2D eigenvalue weighted by Crippen LogP contribution is -2.40. The number of carboxylic acid groups (broad SMARTS) is 1. The van der Waals surface area contributed by atoms with Gasteiger partial charge in [-0.15, -0.1) is 0 Å². The predicted molar refractivity (Wildman–Crippen MR) is 121 cm³/mol. The molecule has 0 saturated heterocycles. The van der Waals surface area contributed by atoms with Gasteiger partial charge in [-0.2, -0.15) is 0 Å². The molecule has 1 aliphatic carbocycles. The van der Waals surface area contributed by atoms with Crippen LogP contribution in [0.3, 0.4) is 0 Å². The second kappa shape index (κ2) is 10.6. The van der Waals surface area contributed by atoms with E-state index >= 15 is 0 Å². The Balaban J connectivity index is 1.47. The number of fused-ring (bicyclic) bond motifs is 3. The Morgan fingerprint density at radius 2 is 1.62 bits per heavy atom. The molecule has 1 aliphatic rings. The van der Waals surface area contributed by atoms with Crippen LogP contribution in [0.2, 0.25) is 0 Å². The van der Waals surface area contributed by atoms with Crippen LogP contribution in [0.1, 0.15) is 37.3 Å². The third-order valence-electron chi connectivity index (χ3n) is 5.30. The molecule has 0 heterocycles. The van der Waals surface area contributed by atoms with E-state index in [0.717, 1.165) is 22.3 Å². The van der Waals surface area contributed by atoms with Gasteiger partial charge < -0.3 is 20.5 Å². The third kappa shape index (κ3) is 5.75. The zero-order valence-electron chi connectivity index (χ0n) is 18.2. The molecule has 0 unspecified atom stereocenters. The standard InChI is InChI=1S/C25H28N2O5/c1-16(2)14-22(24(29)30)27-23(28)12-7-13-26-25(31)32-15-21-19-10-5-3-8-17(19)18-9-4-6-11-20(18)21/h3-12,16,21-22H,13-15H2,1-2H3,(H,26,31)(H,27,28)(H,29,30)/b12-7+/t22-/m1/s1. The van der Waals surface area contributed by atoms with Crippen molar-refractivity contribution in [2.45, 2.75) is 32.2 Å². The first kappa shape index (κ1) is 23.1. The summed E-state index contributed by atoms with van der Waals surface area (Å²) in [5, 5.41) is 14.2. The molecule has 7 nitrogen and oxygen atoms in total. The number of hydrogen-bond acceptors (Lipinski definition) is 4. The number of aliphatic carboxylic acids is 1. The molecular weight excluding hydrogens is 408 g/mol. The van der Waals surface area contributed by atoms with Gasteiger partial charge in [-0.1, -0.05) is 68.5 Å². The monoisotopic (exact) mass is 436 g/mol. The van der Waals surface area contributed by atoms with Gasteiger partial charge in [-0.05, 0) is 34.6 Å². The maximum Gasteiger partial charge on any atom is 0.407 e. The molecule has 2 amide bonds. The highest BCUT2D eigenvalue weighted by Crippen LogP contribution is 2.44. The topological polar surface area (TPSA) is 105 Å². The minimum atomic E-state index is -1.07. The summed E-state index contributed by atoms with van der Waals surface area (Å²) in [6, 6.07) is 15.2. The van der Waals surface area contributed by atoms with Crippen LogP contribution in [-0.2, 0) is 14.3 Å². The molecule has 2 aromatic carbocycles. The highest BCUT2D eigenvalue weighted by Gasteiger charge is 2.28. The van der Waals surface area contributed by atoms with Crippen LogP contribution in [0, 0.1) is 5.92 Å². The van der Waals surface area contributed by atoms with Gasteiger partial charge in [0, 0.05) is 18.5 Å². The van der Waals surface area contributed by atoms with E-state index in [2.05, 4.69) is 22.8 Å². The quantitative estimate of drug-likeness (QED) is 0.520. The highest BCUT2D eigenvalue weighted by molar-refractivity contribution is 5.91. The normalized spacial score (nSPS) is 13.5. The summed E-state index contributed by atoms with van der Waals surface area (Å²) in [4.78, 5) is 35.2.